The zero-order valence-corrected chi connectivity index (χ0v) is 7.94. The van der Waals surface area contributed by atoms with Gasteiger partial charge in [0.15, 0.2) is 5.82 Å². The predicted molar refractivity (Wildman–Crippen MR) is 51.6 cm³/mol. The van der Waals surface area contributed by atoms with E-state index in [9.17, 15) is 4.79 Å². The van der Waals surface area contributed by atoms with Gasteiger partial charge in [-0.05, 0) is 6.92 Å². The van der Waals surface area contributed by atoms with Crippen LogP contribution in [0.3, 0.4) is 0 Å². The highest BCUT2D eigenvalue weighted by Gasteiger charge is 2.11. The van der Waals surface area contributed by atoms with Crippen LogP contribution < -0.4 is 11.1 Å². The van der Waals surface area contributed by atoms with Gasteiger partial charge in [0, 0.05) is 6.07 Å². The lowest BCUT2D eigenvalue weighted by atomic mass is 10.3. The summed E-state index contributed by atoms with van der Waals surface area (Å²) in [4.78, 5) is 11.0. The number of primary amides is 1. The molecule has 0 atom stereocenters. The molecule has 0 aliphatic heterocycles. The summed E-state index contributed by atoms with van der Waals surface area (Å²) < 4.78 is 4.85. The summed E-state index contributed by atoms with van der Waals surface area (Å²) in [5, 5.41) is 12.8. The van der Waals surface area contributed by atoms with Crippen LogP contribution in [0.1, 0.15) is 16.1 Å². The fourth-order valence-corrected chi connectivity index (χ4v) is 1.12. The number of rotatable bonds is 3. The van der Waals surface area contributed by atoms with Crippen LogP contribution in [-0.4, -0.2) is 21.3 Å². The van der Waals surface area contributed by atoms with Gasteiger partial charge in [-0.2, -0.15) is 5.10 Å². The fraction of sp³-hybridized carbons (Fsp3) is 0.125. The zero-order valence-electron chi connectivity index (χ0n) is 7.94. The number of carbonyl (C=O) groups excluding carboxylic acids is 1. The number of nitrogens with two attached hydrogens (primary N) is 1. The molecule has 7 nitrogen and oxygen atoms in total. The summed E-state index contributed by atoms with van der Waals surface area (Å²) in [5.41, 5.74) is 5.41. The number of aryl methyl sites for hydroxylation is 1. The third kappa shape index (κ3) is 1.80. The predicted octanol–water partition coefficient (Wildman–Crippen LogP) is 0.549. The van der Waals surface area contributed by atoms with Gasteiger partial charge in [-0.1, -0.05) is 5.16 Å². The van der Waals surface area contributed by atoms with Gasteiger partial charge >= 0.3 is 0 Å². The van der Waals surface area contributed by atoms with Crippen molar-refractivity contribution in [3.05, 3.63) is 23.6 Å². The quantitative estimate of drug-likeness (QED) is 0.680. The Hall–Kier alpha value is -2.31. The molecular formula is C8H9N5O2. The van der Waals surface area contributed by atoms with Crippen molar-refractivity contribution in [1.29, 1.82) is 0 Å². The van der Waals surface area contributed by atoms with Crippen molar-refractivity contribution in [2.24, 2.45) is 5.73 Å². The van der Waals surface area contributed by atoms with Gasteiger partial charge in [-0.15, -0.1) is 0 Å². The van der Waals surface area contributed by atoms with Crippen molar-refractivity contribution >= 4 is 17.5 Å². The first-order chi connectivity index (χ1) is 7.16. The van der Waals surface area contributed by atoms with E-state index in [1.54, 1.807) is 13.0 Å². The van der Waals surface area contributed by atoms with Crippen LogP contribution in [0.25, 0.3) is 0 Å². The molecule has 15 heavy (non-hydrogen) atoms. The molecule has 0 saturated carbocycles. The van der Waals surface area contributed by atoms with E-state index in [2.05, 4.69) is 20.7 Å². The molecule has 0 radical (unpaired) electrons. The Morgan fingerprint density at radius 2 is 2.47 bits per heavy atom. The SMILES string of the molecule is Cc1cc(Nc2[nH]ncc2C(N)=O)no1. The van der Waals surface area contributed by atoms with Gasteiger partial charge in [-0.25, -0.2) is 0 Å². The molecule has 2 aromatic heterocycles. The Balaban J connectivity index is 2.24. The first-order valence-electron chi connectivity index (χ1n) is 4.20. The van der Waals surface area contributed by atoms with Crippen molar-refractivity contribution in [3.8, 4) is 0 Å². The Bertz CT molecular complexity index is 487. The van der Waals surface area contributed by atoms with Crippen molar-refractivity contribution < 1.29 is 9.32 Å². The van der Waals surface area contributed by atoms with Crippen LogP contribution in [-0.2, 0) is 0 Å². The maximum absolute atomic E-state index is 11.0. The molecule has 0 spiro atoms. The number of aromatic nitrogens is 3. The van der Waals surface area contributed by atoms with Gasteiger partial charge in [0.25, 0.3) is 5.91 Å². The number of amides is 1. The van der Waals surface area contributed by atoms with E-state index in [0.717, 1.165) is 0 Å². The Morgan fingerprint density at radius 3 is 3.07 bits per heavy atom. The second-order valence-corrected chi connectivity index (χ2v) is 2.97. The molecule has 0 fully saturated rings. The monoisotopic (exact) mass is 207 g/mol. The molecule has 2 rings (SSSR count). The summed E-state index contributed by atoms with van der Waals surface area (Å²) in [6.45, 7) is 1.76. The van der Waals surface area contributed by atoms with E-state index in [-0.39, 0.29) is 5.56 Å². The standard InChI is InChI=1S/C8H9N5O2/c1-4-2-6(13-15-4)11-8-5(7(9)14)3-10-12-8/h2-3H,1H3,(H2,9,14)(H2,10,11,12,13). The third-order valence-electron chi connectivity index (χ3n) is 1.79. The topological polar surface area (TPSA) is 110 Å². The number of aromatic amines is 1. The summed E-state index contributed by atoms with van der Waals surface area (Å²) in [6, 6.07) is 1.69. The van der Waals surface area contributed by atoms with Gasteiger partial charge in [0.05, 0.1) is 6.20 Å². The van der Waals surface area contributed by atoms with E-state index >= 15 is 0 Å². The molecule has 2 heterocycles. The maximum atomic E-state index is 11.0. The highest BCUT2D eigenvalue weighted by Crippen LogP contribution is 2.17. The summed E-state index contributed by atoms with van der Waals surface area (Å²) in [5.74, 6) is 0.985. The van der Waals surface area contributed by atoms with Crippen molar-refractivity contribution in [2.45, 2.75) is 6.92 Å². The number of anilines is 2. The molecule has 78 valence electrons. The summed E-state index contributed by atoms with van der Waals surface area (Å²) >= 11 is 0. The zero-order chi connectivity index (χ0) is 10.8. The second-order valence-electron chi connectivity index (χ2n) is 2.97. The lowest BCUT2D eigenvalue weighted by molar-refractivity contribution is 0.100. The lowest BCUT2D eigenvalue weighted by Crippen LogP contribution is -2.12. The number of carbonyl (C=O) groups is 1. The Labute approximate surface area is 84.6 Å². The molecule has 7 heteroatoms. The number of hydrogen-bond acceptors (Lipinski definition) is 5. The molecule has 2 aromatic rings. The van der Waals surface area contributed by atoms with Crippen LogP contribution in [0, 0.1) is 6.92 Å². The largest absolute Gasteiger partial charge is 0.365 e. The van der Waals surface area contributed by atoms with E-state index in [4.69, 9.17) is 10.3 Å². The normalized spacial score (nSPS) is 10.2. The molecule has 4 N–H and O–H groups in total. The third-order valence-corrected chi connectivity index (χ3v) is 1.79. The van der Waals surface area contributed by atoms with Gasteiger partial charge in [-0.3, -0.25) is 9.89 Å². The minimum Gasteiger partial charge on any atom is -0.365 e. The lowest BCUT2D eigenvalue weighted by Gasteiger charge is -1.99. The number of hydrogen-bond donors (Lipinski definition) is 3. The van der Waals surface area contributed by atoms with Crippen LogP contribution >= 0.6 is 0 Å². The molecule has 0 bridgehead atoms. The minimum atomic E-state index is -0.563. The summed E-state index contributed by atoms with van der Waals surface area (Å²) in [7, 11) is 0. The molecule has 0 aliphatic carbocycles. The first kappa shape index (κ1) is 9.25. The molecule has 0 aliphatic rings. The molecule has 0 aromatic carbocycles. The van der Waals surface area contributed by atoms with Crippen LogP contribution in [0.4, 0.5) is 11.6 Å². The van der Waals surface area contributed by atoms with Gasteiger partial charge < -0.3 is 15.6 Å². The highest BCUT2D eigenvalue weighted by atomic mass is 16.5. The van der Waals surface area contributed by atoms with Gasteiger partial charge in [0.1, 0.15) is 17.1 Å². The van der Waals surface area contributed by atoms with Crippen molar-refractivity contribution in [2.75, 3.05) is 5.32 Å². The molecule has 1 amide bonds. The number of nitrogens with one attached hydrogen (secondary N) is 2. The average Bonchev–Trinajstić information content (AvgIpc) is 2.75. The van der Waals surface area contributed by atoms with Crippen molar-refractivity contribution in [3.63, 3.8) is 0 Å². The van der Waals surface area contributed by atoms with Crippen LogP contribution in [0.2, 0.25) is 0 Å². The van der Waals surface area contributed by atoms with E-state index < -0.39 is 5.91 Å². The first-order valence-corrected chi connectivity index (χ1v) is 4.20. The number of nitrogens with zero attached hydrogens (tertiary/aromatic N) is 2. The van der Waals surface area contributed by atoms with Crippen molar-refractivity contribution in [1.82, 2.24) is 15.4 Å². The fourth-order valence-electron chi connectivity index (χ4n) is 1.12. The highest BCUT2D eigenvalue weighted by molar-refractivity contribution is 5.97. The van der Waals surface area contributed by atoms with Crippen LogP contribution in [0.15, 0.2) is 16.8 Å². The minimum absolute atomic E-state index is 0.274. The second kappa shape index (κ2) is 3.45. The molecular weight excluding hydrogens is 198 g/mol. The molecule has 0 unspecified atom stereocenters. The maximum Gasteiger partial charge on any atom is 0.254 e. The number of H-pyrrole nitrogens is 1. The average molecular weight is 207 g/mol. The van der Waals surface area contributed by atoms with E-state index in [0.29, 0.717) is 17.4 Å². The Morgan fingerprint density at radius 1 is 1.67 bits per heavy atom. The molecule has 0 saturated heterocycles. The van der Waals surface area contributed by atoms with E-state index in [1.165, 1.54) is 6.20 Å². The van der Waals surface area contributed by atoms with E-state index in [1.807, 2.05) is 0 Å². The Kier molecular flexibility index (Phi) is 2.13. The van der Waals surface area contributed by atoms with Gasteiger partial charge in [0.2, 0.25) is 0 Å². The van der Waals surface area contributed by atoms with Crippen LogP contribution in [0.5, 0.6) is 0 Å². The smallest absolute Gasteiger partial charge is 0.254 e. The summed E-state index contributed by atoms with van der Waals surface area (Å²) in [6.07, 6.45) is 1.34.